The molecule has 136 valence electrons. The molecular formula is C20H16N2O4S. The zero-order valence-corrected chi connectivity index (χ0v) is 15.4. The standard InChI is InChI=1S/C20H16N2O4S/c1-25-20(24)14-10-22(16-8-4-2-6-13(14)16)11-19(23)26-12-18-21-15-7-3-5-9-17(15)27-18/h2-10H,11-12H2,1H3. The second-order valence-corrected chi connectivity index (χ2v) is 7.03. The summed E-state index contributed by atoms with van der Waals surface area (Å²) in [6.07, 6.45) is 1.62. The maximum atomic E-state index is 12.3. The van der Waals surface area contributed by atoms with E-state index in [-0.39, 0.29) is 13.2 Å². The Kier molecular flexibility index (Phi) is 4.60. The van der Waals surface area contributed by atoms with Gasteiger partial charge < -0.3 is 14.0 Å². The monoisotopic (exact) mass is 380 g/mol. The highest BCUT2D eigenvalue weighted by Crippen LogP contribution is 2.23. The van der Waals surface area contributed by atoms with Gasteiger partial charge in [-0.15, -0.1) is 11.3 Å². The second-order valence-electron chi connectivity index (χ2n) is 5.92. The number of hydrogen-bond acceptors (Lipinski definition) is 6. The predicted molar refractivity (Wildman–Crippen MR) is 103 cm³/mol. The van der Waals surface area contributed by atoms with Crippen molar-refractivity contribution < 1.29 is 19.1 Å². The normalized spacial score (nSPS) is 11.0. The first-order chi connectivity index (χ1) is 13.2. The number of carbonyl (C=O) groups is 2. The number of rotatable bonds is 5. The van der Waals surface area contributed by atoms with Gasteiger partial charge in [-0.1, -0.05) is 30.3 Å². The van der Waals surface area contributed by atoms with Gasteiger partial charge in [-0.25, -0.2) is 9.78 Å². The Balaban J connectivity index is 1.50. The van der Waals surface area contributed by atoms with Crippen LogP contribution in [-0.2, 0) is 27.4 Å². The molecule has 0 saturated carbocycles. The van der Waals surface area contributed by atoms with E-state index >= 15 is 0 Å². The van der Waals surface area contributed by atoms with Crippen molar-refractivity contribution in [2.24, 2.45) is 0 Å². The number of esters is 2. The van der Waals surface area contributed by atoms with Crippen LogP contribution in [-0.4, -0.2) is 28.6 Å². The number of benzene rings is 2. The molecule has 4 rings (SSSR count). The van der Waals surface area contributed by atoms with Gasteiger partial charge in [0.2, 0.25) is 0 Å². The van der Waals surface area contributed by atoms with Crippen LogP contribution < -0.4 is 0 Å². The van der Waals surface area contributed by atoms with Crippen molar-refractivity contribution in [3.8, 4) is 0 Å². The van der Waals surface area contributed by atoms with Gasteiger partial charge in [-0.2, -0.15) is 0 Å². The molecule has 2 aromatic carbocycles. The number of ether oxygens (including phenoxy) is 2. The fourth-order valence-corrected chi connectivity index (χ4v) is 3.84. The van der Waals surface area contributed by atoms with Crippen LogP contribution in [0.15, 0.2) is 54.7 Å². The summed E-state index contributed by atoms with van der Waals surface area (Å²) in [4.78, 5) is 28.7. The molecule has 4 aromatic rings. The molecule has 0 bridgehead atoms. The molecule has 0 aliphatic carbocycles. The van der Waals surface area contributed by atoms with Crippen LogP contribution in [0.25, 0.3) is 21.1 Å². The lowest BCUT2D eigenvalue weighted by Gasteiger charge is -2.05. The van der Waals surface area contributed by atoms with Crippen LogP contribution >= 0.6 is 11.3 Å². The summed E-state index contributed by atoms with van der Waals surface area (Å²) in [5.41, 5.74) is 2.09. The summed E-state index contributed by atoms with van der Waals surface area (Å²) in [5.74, 6) is -0.834. The zero-order valence-electron chi connectivity index (χ0n) is 14.5. The minimum Gasteiger partial charge on any atom is -0.465 e. The molecule has 0 aliphatic rings. The molecule has 0 spiro atoms. The summed E-state index contributed by atoms with van der Waals surface area (Å²) in [5, 5.41) is 1.49. The number of para-hydroxylation sites is 2. The third kappa shape index (κ3) is 3.41. The van der Waals surface area contributed by atoms with Crippen molar-refractivity contribution in [3.63, 3.8) is 0 Å². The highest BCUT2D eigenvalue weighted by Gasteiger charge is 2.17. The Labute approximate surface area is 159 Å². The molecule has 0 saturated heterocycles. The smallest absolute Gasteiger partial charge is 0.340 e. The van der Waals surface area contributed by atoms with Gasteiger partial charge in [0.15, 0.2) is 0 Å². The number of fused-ring (bicyclic) bond motifs is 2. The van der Waals surface area contributed by atoms with Crippen LogP contribution in [0, 0.1) is 0 Å². The highest BCUT2D eigenvalue weighted by atomic mass is 32.1. The molecular weight excluding hydrogens is 364 g/mol. The summed E-state index contributed by atoms with van der Waals surface area (Å²) >= 11 is 1.50. The van der Waals surface area contributed by atoms with E-state index in [1.54, 1.807) is 10.8 Å². The van der Waals surface area contributed by atoms with Gasteiger partial charge in [0, 0.05) is 17.1 Å². The molecule has 0 aliphatic heterocycles. The Morgan fingerprint density at radius 1 is 1.11 bits per heavy atom. The largest absolute Gasteiger partial charge is 0.465 e. The Morgan fingerprint density at radius 3 is 2.70 bits per heavy atom. The lowest BCUT2D eigenvalue weighted by molar-refractivity contribution is -0.145. The van der Waals surface area contributed by atoms with E-state index < -0.39 is 11.9 Å². The van der Waals surface area contributed by atoms with Crippen molar-refractivity contribution in [2.75, 3.05) is 7.11 Å². The van der Waals surface area contributed by atoms with Gasteiger partial charge in [-0.05, 0) is 18.2 Å². The third-order valence-electron chi connectivity index (χ3n) is 4.19. The molecule has 0 radical (unpaired) electrons. The van der Waals surface area contributed by atoms with Gasteiger partial charge in [-0.3, -0.25) is 4.79 Å². The van der Waals surface area contributed by atoms with Gasteiger partial charge >= 0.3 is 11.9 Å². The molecule has 2 aromatic heterocycles. The Morgan fingerprint density at radius 2 is 1.89 bits per heavy atom. The number of nitrogens with zero attached hydrogens (tertiary/aromatic N) is 2. The molecule has 0 unspecified atom stereocenters. The first-order valence-electron chi connectivity index (χ1n) is 8.32. The van der Waals surface area contributed by atoms with Gasteiger partial charge in [0.05, 0.1) is 22.9 Å². The van der Waals surface area contributed by atoms with Crippen molar-refractivity contribution >= 4 is 44.4 Å². The lowest BCUT2D eigenvalue weighted by Crippen LogP contribution is -2.13. The molecule has 0 N–H and O–H groups in total. The fourth-order valence-electron chi connectivity index (χ4n) is 2.96. The van der Waals surface area contributed by atoms with Crippen LogP contribution in [0.2, 0.25) is 0 Å². The van der Waals surface area contributed by atoms with Crippen LogP contribution in [0.3, 0.4) is 0 Å². The summed E-state index contributed by atoms with van der Waals surface area (Å²) in [6, 6.07) is 15.2. The molecule has 0 amide bonds. The maximum absolute atomic E-state index is 12.3. The number of aromatic nitrogens is 2. The lowest BCUT2D eigenvalue weighted by atomic mass is 10.2. The quantitative estimate of drug-likeness (QED) is 0.493. The topological polar surface area (TPSA) is 70.4 Å². The number of thiazole rings is 1. The van der Waals surface area contributed by atoms with Crippen molar-refractivity contribution in [1.29, 1.82) is 0 Å². The highest BCUT2D eigenvalue weighted by molar-refractivity contribution is 7.18. The van der Waals surface area contributed by atoms with Crippen LogP contribution in [0.5, 0.6) is 0 Å². The van der Waals surface area contributed by atoms with E-state index in [2.05, 4.69) is 4.98 Å². The van der Waals surface area contributed by atoms with Crippen LogP contribution in [0.1, 0.15) is 15.4 Å². The molecule has 0 fully saturated rings. The average Bonchev–Trinajstić information content (AvgIpc) is 3.27. The molecule has 0 atom stereocenters. The van der Waals surface area contributed by atoms with E-state index in [1.165, 1.54) is 18.4 Å². The SMILES string of the molecule is COC(=O)c1cn(CC(=O)OCc2nc3ccccc3s2)c2ccccc12. The predicted octanol–water partition coefficient (Wildman–Crippen LogP) is 3.78. The van der Waals surface area contributed by atoms with E-state index in [4.69, 9.17) is 9.47 Å². The minimum absolute atomic E-state index is 0.00238. The van der Waals surface area contributed by atoms with Crippen LogP contribution in [0.4, 0.5) is 0 Å². The van der Waals surface area contributed by atoms with E-state index in [0.29, 0.717) is 5.56 Å². The average molecular weight is 380 g/mol. The maximum Gasteiger partial charge on any atom is 0.340 e. The first-order valence-corrected chi connectivity index (χ1v) is 9.13. The summed E-state index contributed by atoms with van der Waals surface area (Å²) < 4.78 is 13.0. The second kappa shape index (κ2) is 7.20. The Hall–Kier alpha value is -3.19. The number of carbonyl (C=O) groups excluding carboxylic acids is 2. The number of hydrogen-bond donors (Lipinski definition) is 0. The first kappa shape index (κ1) is 17.2. The van der Waals surface area contributed by atoms with E-state index in [0.717, 1.165) is 26.1 Å². The van der Waals surface area contributed by atoms with Crippen molar-refractivity contribution in [1.82, 2.24) is 9.55 Å². The van der Waals surface area contributed by atoms with E-state index in [9.17, 15) is 9.59 Å². The van der Waals surface area contributed by atoms with Gasteiger partial charge in [0.25, 0.3) is 0 Å². The van der Waals surface area contributed by atoms with Gasteiger partial charge in [0.1, 0.15) is 18.2 Å². The number of methoxy groups -OCH3 is 1. The summed E-state index contributed by atoms with van der Waals surface area (Å²) in [6.45, 7) is 0.129. The molecule has 6 nitrogen and oxygen atoms in total. The summed E-state index contributed by atoms with van der Waals surface area (Å²) in [7, 11) is 1.33. The third-order valence-corrected chi connectivity index (χ3v) is 5.20. The molecule has 27 heavy (non-hydrogen) atoms. The van der Waals surface area contributed by atoms with Crippen molar-refractivity contribution in [3.05, 3.63) is 65.3 Å². The van der Waals surface area contributed by atoms with E-state index in [1.807, 2.05) is 48.5 Å². The minimum atomic E-state index is -0.437. The molecule has 7 heteroatoms. The fraction of sp³-hybridized carbons (Fsp3) is 0.150. The Bertz CT molecular complexity index is 1110. The molecule has 2 heterocycles. The van der Waals surface area contributed by atoms with Crippen molar-refractivity contribution in [2.45, 2.75) is 13.2 Å². The zero-order chi connectivity index (χ0) is 18.8.